The number of unbranched alkanes of at least 4 members (excludes halogenated alkanes) is 9. The summed E-state index contributed by atoms with van der Waals surface area (Å²) in [6, 6.07) is 32.4. The maximum Gasteiger partial charge on any atom is 0.00618 e. The van der Waals surface area contributed by atoms with Crippen LogP contribution in [0.2, 0.25) is 0 Å². The largest absolute Gasteiger partial charge is 0.0654 e. The van der Waals surface area contributed by atoms with Gasteiger partial charge in [-0.05, 0) is 136 Å². The molecule has 2 saturated carbocycles. The van der Waals surface area contributed by atoms with Gasteiger partial charge in [-0.1, -0.05) is 209 Å². The Morgan fingerprint density at radius 3 is 1.72 bits per heavy atom. The van der Waals surface area contributed by atoms with Crippen LogP contribution in [-0.4, -0.2) is 0 Å². The van der Waals surface area contributed by atoms with Gasteiger partial charge in [0.2, 0.25) is 0 Å². The minimum atomic E-state index is 0.221. The molecule has 0 N–H and O–H groups in total. The molecule has 5 aromatic rings. The zero-order valence-electron chi connectivity index (χ0n) is 37.6. The van der Waals surface area contributed by atoms with Crippen molar-refractivity contribution in [3.63, 3.8) is 0 Å². The van der Waals surface area contributed by atoms with Gasteiger partial charge in [0.15, 0.2) is 0 Å². The molecule has 0 heterocycles. The standard InChI is InChI=1S/C58H76/c1-7-11-14-16-18-23-45-37-57-38-46(24-19-17-15-12-8-2)40-58(57,39-45)55-36-47(29-32-50(55)49-30-27-41(5)33-54(49)57)56-51-26-21-20-25-48(51)42(6)53-35-44(28-31-52(53)56)34-43(10-4)22-13-9-3/h20-21,25-33,35-36,43,45-46H,7-19,22-24,34,37-40H2,1-6H3. The molecule has 0 saturated heterocycles. The van der Waals surface area contributed by atoms with Crippen molar-refractivity contribution in [3.05, 3.63) is 107 Å². The molecular weight excluding hydrogens is 697 g/mol. The lowest BCUT2D eigenvalue weighted by molar-refractivity contribution is 0.299. The summed E-state index contributed by atoms with van der Waals surface area (Å²) < 4.78 is 0. The summed E-state index contributed by atoms with van der Waals surface area (Å²) in [7, 11) is 0. The average Bonchev–Trinajstić information content (AvgIpc) is 3.74. The maximum atomic E-state index is 2.78. The summed E-state index contributed by atoms with van der Waals surface area (Å²) in [5.41, 5.74) is 14.3. The van der Waals surface area contributed by atoms with Crippen molar-refractivity contribution in [2.24, 2.45) is 17.8 Å². The van der Waals surface area contributed by atoms with Crippen LogP contribution < -0.4 is 0 Å². The van der Waals surface area contributed by atoms with Crippen molar-refractivity contribution < 1.29 is 0 Å². The van der Waals surface area contributed by atoms with Gasteiger partial charge in [0.25, 0.3) is 0 Å². The molecule has 5 aromatic carbocycles. The van der Waals surface area contributed by atoms with E-state index in [1.165, 1.54) is 184 Å². The molecule has 3 aliphatic rings. The van der Waals surface area contributed by atoms with Crippen LogP contribution in [0.4, 0.5) is 0 Å². The predicted octanol–water partition coefficient (Wildman–Crippen LogP) is 17.7. The van der Waals surface area contributed by atoms with Crippen LogP contribution >= 0.6 is 0 Å². The SMILES string of the molecule is CCCCCCCC1CC23CC(CCCCCCC)CC2(C1)c1cc(-c2c4ccccc4c(C)c4cc(CC(CC)CCCC)ccc24)ccc1-c1ccc(C)cc13. The Kier molecular flexibility index (Phi) is 12.9. The third-order valence-electron chi connectivity index (χ3n) is 16.1. The van der Waals surface area contributed by atoms with Crippen molar-refractivity contribution in [2.45, 2.75) is 187 Å². The smallest absolute Gasteiger partial charge is 0.00618 e. The molecule has 3 aliphatic carbocycles. The number of hydrogen-bond donors (Lipinski definition) is 0. The predicted molar refractivity (Wildman–Crippen MR) is 254 cm³/mol. The van der Waals surface area contributed by atoms with E-state index in [1.54, 1.807) is 22.3 Å². The van der Waals surface area contributed by atoms with Gasteiger partial charge in [-0.2, -0.15) is 0 Å². The van der Waals surface area contributed by atoms with Crippen molar-refractivity contribution in [2.75, 3.05) is 0 Å². The molecule has 3 atom stereocenters. The Bertz CT molecular complexity index is 2150. The van der Waals surface area contributed by atoms with Crippen molar-refractivity contribution >= 4 is 21.5 Å². The molecule has 0 nitrogen and oxygen atoms in total. The van der Waals surface area contributed by atoms with Gasteiger partial charge in [0.1, 0.15) is 0 Å². The zero-order chi connectivity index (χ0) is 40.3. The van der Waals surface area contributed by atoms with E-state index in [1.807, 2.05) is 0 Å². The summed E-state index contributed by atoms with van der Waals surface area (Å²) in [5.74, 6) is 2.40. The Hall–Kier alpha value is -3.38. The molecule has 0 bridgehead atoms. The third-order valence-corrected chi connectivity index (χ3v) is 16.1. The van der Waals surface area contributed by atoms with Crippen LogP contribution in [0.1, 0.15) is 184 Å². The fourth-order valence-corrected chi connectivity index (χ4v) is 13.3. The maximum absolute atomic E-state index is 2.78. The quantitative estimate of drug-likeness (QED) is 0.0579. The summed E-state index contributed by atoms with van der Waals surface area (Å²) in [4.78, 5) is 0. The van der Waals surface area contributed by atoms with E-state index in [0.29, 0.717) is 0 Å². The van der Waals surface area contributed by atoms with Gasteiger partial charge in [0, 0.05) is 10.8 Å². The Morgan fingerprint density at radius 2 is 1.10 bits per heavy atom. The van der Waals surface area contributed by atoms with Gasteiger partial charge < -0.3 is 0 Å². The van der Waals surface area contributed by atoms with E-state index in [9.17, 15) is 0 Å². The highest BCUT2D eigenvalue weighted by molar-refractivity contribution is 6.15. The molecule has 8 rings (SSSR count). The van der Waals surface area contributed by atoms with E-state index >= 15 is 0 Å². The second-order valence-corrected chi connectivity index (χ2v) is 20.0. The molecule has 0 aromatic heterocycles. The molecule has 0 amide bonds. The average molecular weight is 773 g/mol. The van der Waals surface area contributed by atoms with Gasteiger partial charge in [-0.3, -0.25) is 0 Å². The second-order valence-electron chi connectivity index (χ2n) is 20.0. The van der Waals surface area contributed by atoms with Crippen LogP contribution in [-0.2, 0) is 17.3 Å². The van der Waals surface area contributed by atoms with Gasteiger partial charge in [0.05, 0.1) is 0 Å². The Balaban J connectivity index is 1.27. The van der Waals surface area contributed by atoms with E-state index in [-0.39, 0.29) is 10.8 Å². The minimum Gasteiger partial charge on any atom is -0.0654 e. The Labute approximate surface area is 354 Å². The fraction of sp³-hybridized carbons (Fsp3) is 0.552. The van der Waals surface area contributed by atoms with E-state index in [4.69, 9.17) is 0 Å². The second kappa shape index (κ2) is 18.1. The van der Waals surface area contributed by atoms with Crippen molar-refractivity contribution in [1.82, 2.24) is 0 Å². The first-order valence-electron chi connectivity index (χ1n) is 24.6. The molecule has 3 unspecified atom stereocenters. The summed E-state index contributed by atoms with van der Waals surface area (Å²) in [5, 5.41) is 5.72. The van der Waals surface area contributed by atoms with Crippen molar-refractivity contribution in [1.29, 1.82) is 0 Å². The first-order chi connectivity index (χ1) is 28.4. The normalized spacial score (nSPS) is 22.6. The monoisotopic (exact) mass is 773 g/mol. The van der Waals surface area contributed by atoms with E-state index in [0.717, 1.165) is 17.8 Å². The molecule has 0 aliphatic heterocycles. The summed E-state index contributed by atoms with van der Waals surface area (Å²) >= 11 is 0. The number of fused-ring (bicyclic) bond motifs is 5. The topological polar surface area (TPSA) is 0 Å². The van der Waals surface area contributed by atoms with Gasteiger partial charge in [-0.15, -0.1) is 0 Å². The first kappa shape index (κ1) is 41.4. The molecular formula is C58H76. The van der Waals surface area contributed by atoms with Gasteiger partial charge in [-0.25, -0.2) is 0 Å². The van der Waals surface area contributed by atoms with E-state index < -0.39 is 0 Å². The molecule has 308 valence electrons. The summed E-state index contributed by atoms with van der Waals surface area (Å²) in [6.45, 7) is 14.2. The van der Waals surface area contributed by atoms with Crippen molar-refractivity contribution in [3.8, 4) is 22.3 Å². The number of aryl methyl sites for hydroxylation is 2. The highest BCUT2D eigenvalue weighted by atomic mass is 14.7. The molecule has 0 radical (unpaired) electrons. The summed E-state index contributed by atoms with van der Waals surface area (Å²) in [6.07, 6.45) is 28.7. The van der Waals surface area contributed by atoms with Crippen LogP contribution in [0, 0.1) is 31.6 Å². The lowest BCUT2D eigenvalue weighted by Gasteiger charge is -2.48. The highest BCUT2D eigenvalue weighted by Gasteiger charge is 2.66. The first-order valence-corrected chi connectivity index (χ1v) is 24.6. The lowest BCUT2D eigenvalue weighted by Crippen LogP contribution is -2.43. The molecule has 0 spiro atoms. The molecule has 0 heteroatoms. The Morgan fingerprint density at radius 1 is 0.534 bits per heavy atom. The number of hydrogen-bond acceptors (Lipinski definition) is 0. The molecule has 58 heavy (non-hydrogen) atoms. The van der Waals surface area contributed by atoms with Crippen LogP contribution in [0.25, 0.3) is 43.8 Å². The minimum absolute atomic E-state index is 0.221. The lowest BCUT2D eigenvalue weighted by atomic mass is 9.55. The molecule has 2 fully saturated rings. The zero-order valence-corrected chi connectivity index (χ0v) is 37.6. The fourth-order valence-electron chi connectivity index (χ4n) is 13.3. The highest BCUT2D eigenvalue weighted by Crippen LogP contribution is 2.72. The van der Waals surface area contributed by atoms with Crippen LogP contribution in [0.15, 0.2) is 78.9 Å². The van der Waals surface area contributed by atoms with E-state index in [2.05, 4.69) is 120 Å². The van der Waals surface area contributed by atoms with Crippen LogP contribution in [0.5, 0.6) is 0 Å². The van der Waals surface area contributed by atoms with Gasteiger partial charge >= 0.3 is 0 Å². The number of benzene rings is 5. The number of rotatable bonds is 19. The van der Waals surface area contributed by atoms with Crippen LogP contribution in [0.3, 0.4) is 0 Å². The third kappa shape index (κ3) is 7.62.